The Morgan fingerprint density at radius 2 is 0.957 bits per heavy atom. The topological polar surface area (TPSA) is 131 Å². The number of hydrogen-bond donors (Lipinski definition) is 1. The van der Waals surface area contributed by atoms with Crippen LogP contribution in [0.3, 0.4) is 0 Å². The van der Waals surface area contributed by atoms with Crippen molar-refractivity contribution in [2.24, 2.45) is 30.0 Å². The molecule has 0 saturated carbocycles. The Morgan fingerprint density at radius 3 is 1.38 bits per heavy atom. The summed E-state index contributed by atoms with van der Waals surface area (Å²) in [5, 5.41) is 3.10. The third kappa shape index (κ3) is 3.79. The highest BCUT2D eigenvalue weighted by atomic mass is 31.2. The molecule has 1 atom stereocenters. The van der Waals surface area contributed by atoms with E-state index >= 15 is 0 Å². The molecule has 222 valence electrons. The number of aliphatic imine (C=N–C) groups is 4. The summed E-state index contributed by atoms with van der Waals surface area (Å²) in [5.74, 6) is 3.82. The van der Waals surface area contributed by atoms with Gasteiger partial charge in [0.2, 0.25) is 0 Å². The third-order valence-electron chi connectivity index (χ3n) is 8.74. The molecule has 2 aromatic heterocycles. The van der Waals surface area contributed by atoms with Crippen molar-refractivity contribution >= 4 is 79.0 Å². The molecule has 4 aromatic carbocycles. The highest BCUT2D eigenvalue weighted by Gasteiger charge is 2.45. The number of fused-ring (bicyclic) bond motifs is 14. The first-order valence-electron chi connectivity index (χ1n) is 14.9. The molecule has 0 radical (unpaired) electrons. The van der Waals surface area contributed by atoms with E-state index in [1.54, 1.807) is 0 Å². The summed E-state index contributed by atoms with van der Waals surface area (Å²) in [7, 11) is -4.35. The lowest BCUT2D eigenvalue weighted by atomic mass is 10.1. The van der Waals surface area contributed by atoms with Crippen molar-refractivity contribution < 1.29 is 13.0 Å². The molecule has 6 bridgehead atoms. The van der Waals surface area contributed by atoms with E-state index in [0.29, 0.717) is 46.0 Å². The predicted molar refractivity (Wildman–Crippen MR) is 182 cm³/mol. The second kappa shape index (κ2) is 9.59. The second-order valence-corrected chi connectivity index (χ2v) is 15.4. The van der Waals surface area contributed by atoms with Gasteiger partial charge in [0.05, 0.1) is 0 Å². The smallest absolute Gasteiger partial charge is 0.393 e. The molecular weight excluding hydrogens is 626 g/mol. The van der Waals surface area contributed by atoms with Crippen molar-refractivity contribution in [2.45, 2.75) is 0 Å². The van der Waals surface area contributed by atoms with E-state index < -0.39 is 22.5 Å². The van der Waals surface area contributed by atoms with Crippen LogP contribution in [0.5, 0.6) is 0 Å². The monoisotopic (exact) mass is 646 g/mol. The molecule has 0 spiro atoms. The molecule has 6 heterocycles. The van der Waals surface area contributed by atoms with Gasteiger partial charge < -0.3 is 15.6 Å². The van der Waals surface area contributed by atoms with Crippen LogP contribution in [0.1, 0.15) is 22.3 Å². The van der Waals surface area contributed by atoms with Crippen LogP contribution in [0.25, 0.3) is 21.5 Å². The Kier molecular flexibility index (Phi) is 5.48. The molecule has 1 N–H and O–H groups in total. The minimum atomic E-state index is -4.35. The van der Waals surface area contributed by atoms with E-state index in [0.717, 1.165) is 49.6 Å². The minimum absolute atomic E-state index is 0.472. The average molecular weight is 647 g/mol. The van der Waals surface area contributed by atoms with Crippen molar-refractivity contribution in [2.75, 3.05) is 0 Å². The number of benzene rings is 4. The largest absolute Gasteiger partial charge is 0.817 e. The Hall–Kier alpha value is -5.34. The van der Waals surface area contributed by atoms with Gasteiger partial charge in [-0.2, -0.15) is 0 Å². The summed E-state index contributed by atoms with van der Waals surface area (Å²) in [4.78, 5) is 41.8. The lowest BCUT2D eigenvalue weighted by Gasteiger charge is -2.20. The van der Waals surface area contributed by atoms with Gasteiger partial charge in [0, 0.05) is 49.6 Å². The van der Waals surface area contributed by atoms with Crippen LogP contribution in [0.4, 0.5) is 11.6 Å². The zero-order chi connectivity index (χ0) is 31.4. The first kappa shape index (κ1) is 26.8. The molecule has 0 fully saturated rings. The fraction of sp³-hybridized carbons (Fsp3) is 0. The van der Waals surface area contributed by atoms with E-state index in [2.05, 4.69) is 6.58 Å². The van der Waals surface area contributed by atoms with Crippen molar-refractivity contribution in [3.05, 3.63) is 143 Å². The zero-order valence-electron chi connectivity index (χ0n) is 24.4. The maximum Gasteiger partial charge on any atom is 0.817 e. The third-order valence-corrected chi connectivity index (χ3v) is 13.0. The number of aromatic nitrogens is 2. The highest BCUT2D eigenvalue weighted by molar-refractivity contribution is 7.57. The van der Waals surface area contributed by atoms with Crippen LogP contribution >= 0.6 is 7.60 Å². The van der Waals surface area contributed by atoms with Crippen LogP contribution in [0.15, 0.2) is 139 Å². The fourth-order valence-electron chi connectivity index (χ4n) is 6.66. The van der Waals surface area contributed by atoms with Crippen molar-refractivity contribution in [1.82, 2.24) is 7.10 Å². The van der Waals surface area contributed by atoms with Gasteiger partial charge in [0.15, 0.2) is 23.3 Å². The first-order chi connectivity index (χ1) is 23.0. The van der Waals surface area contributed by atoms with Crippen LogP contribution in [-0.2, 0) is 8.14 Å². The van der Waals surface area contributed by atoms with Gasteiger partial charge in [-0.1, -0.05) is 104 Å². The summed E-state index contributed by atoms with van der Waals surface area (Å²) >= 11 is -3.44. The van der Waals surface area contributed by atoms with E-state index in [4.69, 9.17) is 33.5 Å². The summed E-state index contributed by atoms with van der Waals surface area (Å²) in [6.45, 7) is 3.63. The van der Waals surface area contributed by atoms with Gasteiger partial charge in [-0.25, -0.2) is 30.0 Å². The molecule has 47 heavy (non-hydrogen) atoms. The Labute approximate surface area is 271 Å². The summed E-state index contributed by atoms with van der Waals surface area (Å²) in [6.07, 6.45) is 0. The molecular formula is C34H20AlN8O3P. The Bertz CT molecular complexity index is 2590. The molecule has 4 aliphatic heterocycles. The molecule has 1 unspecified atom stereocenters. The fourth-order valence-corrected chi connectivity index (χ4v) is 10.7. The van der Waals surface area contributed by atoms with Crippen LogP contribution in [0.2, 0.25) is 0 Å². The van der Waals surface area contributed by atoms with Gasteiger partial charge in [-0.15, -0.1) is 0 Å². The standard InChI is InChI=1S/C32H16N8.C2H5O3P.Al/c1-2-10-18-17(9-1)25-33-26(18)38-28-21-13-5-6-14-22(21)30(35-28)40-32-24-16-8-7-15-23(24)31(36-32)39-29-20-12-4-3-11-19(20)27(34-29)37-25;1-2-6(3,4)5;/h1-16H;2H,1H2,(H2,3,4,5);/q-2;;+3/p-1. The molecule has 11 nitrogen and oxygen atoms in total. The molecule has 6 aromatic rings. The second-order valence-electron chi connectivity index (χ2n) is 11.4. The van der Waals surface area contributed by atoms with Crippen LogP contribution < -0.4 is 11.0 Å². The lowest BCUT2D eigenvalue weighted by Crippen LogP contribution is -2.48. The average Bonchev–Trinajstić information content (AvgIpc) is 3.80. The summed E-state index contributed by atoms with van der Waals surface area (Å²) in [6, 6.07) is 31.2. The van der Waals surface area contributed by atoms with E-state index in [1.807, 2.05) is 104 Å². The molecule has 4 aliphatic rings. The Morgan fingerprint density at radius 1 is 0.574 bits per heavy atom. The van der Waals surface area contributed by atoms with E-state index in [9.17, 15) is 9.46 Å². The predicted octanol–water partition coefficient (Wildman–Crippen LogP) is 5.27. The van der Waals surface area contributed by atoms with E-state index in [1.165, 1.54) is 0 Å². The van der Waals surface area contributed by atoms with Gasteiger partial charge in [0.1, 0.15) is 22.6 Å². The van der Waals surface area contributed by atoms with Gasteiger partial charge in [-0.3, -0.25) is 4.57 Å². The molecule has 10 rings (SSSR count). The van der Waals surface area contributed by atoms with Gasteiger partial charge >= 0.3 is 22.5 Å². The SMILES string of the molecule is C=CP(=O)(O)[O][Al]1[n]2c3c4ccccc4c2N=C2N=C(N=c4c5ccccc5c([n]41)=NC1=NC(=N3)c3ccccc31)c1ccccc12. The molecule has 0 amide bonds. The number of rotatable bonds is 3. The normalized spacial score (nSPS) is 16.6. The zero-order valence-corrected chi connectivity index (χ0v) is 26.4. The van der Waals surface area contributed by atoms with E-state index in [-0.39, 0.29) is 0 Å². The maximum absolute atomic E-state index is 13.6. The summed E-state index contributed by atoms with van der Waals surface area (Å²) in [5.41, 5.74) is 4.28. The molecule has 0 saturated heterocycles. The van der Waals surface area contributed by atoms with Crippen molar-refractivity contribution in [1.29, 1.82) is 0 Å². The Balaban J connectivity index is 1.51. The highest BCUT2D eigenvalue weighted by Crippen LogP contribution is 2.47. The van der Waals surface area contributed by atoms with Crippen LogP contribution in [-0.4, -0.2) is 50.3 Å². The molecule has 0 aliphatic carbocycles. The quantitative estimate of drug-likeness (QED) is 0.208. The van der Waals surface area contributed by atoms with Crippen LogP contribution in [0, 0.1) is 0 Å². The van der Waals surface area contributed by atoms with Crippen molar-refractivity contribution in [3.63, 3.8) is 0 Å². The van der Waals surface area contributed by atoms with Gasteiger partial charge in [0.25, 0.3) is 0 Å². The minimum Gasteiger partial charge on any atom is -0.393 e. The molecule has 13 heteroatoms. The number of hydrogen-bond acceptors (Lipinski definition) is 8. The maximum atomic E-state index is 13.6. The van der Waals surface area contributed by atoms with Gasteiger partial charge in [-0.05, 0) is 0 Å². The lowest BCUT2D eigenvalue weighted by molar-refractivity contribution is 0.386. The summed E-state index contributed by atoms with van der Waals surface area (Å²) < 4.78 is 23.7. The number of nitrogens with zero attached hydrogens (tertiary/aromatic N) is 8. The van der Waals surface area contributed by atoms with Crippen molar-refractivity contribution in [3.8, 4) is 0 Å². The first-order valence-corrected chi connectivity index (χ1v) is 18.0. The number of amidine groups is 4.